The highest BCUT2D eigenvalue weighted by atomic mass is 35.5. The van der Waals surface area contributed by atoms with E-state index in [0.29, 0.717) is 35.1 Å². The molecule has 2 heterocycles. The maximum atomic E-state index is 14.2. The van der Waals surface area contributed by atoms with Crippen LogP contribution in [0.1, 0.15) is 31.9 Å². The lowest BCUT2D eigenvalue weighted by molar-refractivity contribution is 0.137. The van der Waals surface area contributed by atoms with Crippen LogP contribution in [0.3, 0.4) is 0 Å². The monoisotopic (exact) mass is 391 g/mol. The first kappa shape index (κ1) is 19.9. The van der Waals surface area contributed by atoms with Gasteiger partial charge in [0.1, 0.15) is 11.0 Å². The molecule has 0 spiro atoms. The maximum Gasteiger partial charge on any atom is 0.302 e. The van der Waals surface area contributed by atoms with Crippen molar-refractivity contribution in [2.45, 2.75) is 33.1 Å². The van der Waals surface area contributed by atoms with E-state index in [-0.39, 0.29) is 5.82 Å². The third-order valence-electron chi connectivity index (χ3n) is 5.05. The molecular weight excluding hydrogens is 365 g/mol. The summed E-state index contributed by atoms with van der Waals surface area (Å²) in [4.78, 5) is 6.90. The highest BCUT2D eigenvalue weighted by molar-refractivity contribution is 6.30. The summed E-state index contributed by atoms with van der Waals surface area (Å²) in [6.07, 6.45) is 7.62. The number of benzene rings is 1. The summed E-state index contributed by atoms with van der Waals surface area (Å²) < 4.78 is 21.8. The molecule has 6 heteroatoms. The number of hydrogen-bond donors (Lipinski definition) is 0. The predicted molar refractivity (Wildman–Crippen MR) is 107 cm³/mol. The molecule has 0 bridgehead atoms. The topological polar surface area (TPSA) is 30.3 Å². The molecule has 1 aromatic carbocycles. The minimum absolute atomic E-state index is 0.351. The van der Waals surface area contributed by atoms with Crippen molar-refractivity contribution < 1.29 is 9.13 Å². The van der Waals surface area contributed by atoms with Gasteiger partial charge >= 0.3 is 6.01 Å². The number of piperidine rings is 1. The van der Waals surface area contributed by atoms with Gasteiger partial charge in [-0.3, -0.25) is 0 Å². The second kappa shape index (κ2) is 9.38. The van der Waals surface area contributed by atoms with Gasteiger partial charge in [-0.15, -0.1) is 0 Å². The molecule has 0 radical (unpaired) electrons. The number of aromatic nitrogens is 2. The van der Waals surface area contributed by atoms with Crippen molar-refractivity contribution in [2.24, 2.45) is 5.92 Å². The molecular formula is C21H27ClFN3O. The molecule has 27 heavy (non-hydrogen) atoms. The summed E-state index contributed by atoms with van der Waals surface area (Å²) in [5, 5.41) is 0.383. The Balaban J connectivity index is 1.61. The molecule has 0 N–H and O–H groups in total. The number of aryl methyl sites for hydroxylation is 1. The lowest BCUT2D eigenvalue weighted by atomic mass is 9.98. The molecule has 3 rings (SSSR count). The summed E-state index contributed by atoms with van der Waals surface area (Å²) in [6.45, 7) is 7.73. The first-order chi connectivity index (χ1) is 13.1. The molecule has 1 fully saturated rings. The lowest BCUT2D eigenvalue weighted by Gasteiger charge is -2.31. The largest absolute Gasteiger partial charge is 0.464 e. The van der Waals surface area contributed by atoms with E-state index < -0.39 is 0 Å². The molecule has 0 unspecified atom stereocenters. The van der Waals surface area contributed by atoms with Gasteiger partial charge in [-0.25, -0.2) is 8.96 Å². The maximum absolute atomic E-state index is 14.2. The Labute approximate surface area is 165 Å². The normalized spacial score (nSPS) is 16.3. The summed E-state index contributed by atoms with van der Waals surface area (Å²) in [5.74, 6) is 0.129. The molecule has 1 aliphatic rings. The summed E-state index contributed by atoms with van der Waals surface area (Å²) in [7, 11) is 0. The predicted octanol–water partition coefficient (Wildman–Crippen LogP) is 5.03. The summed E-state index contributed by atoms with van der Waals surface area (Å²) in [6, 6.07) is 6.88. The minimum Gasteiger partial charge on any atom is -0.464 e. The van der Waals surface area contributed by atoms with Crippen molar-refractivity contribution in [1.29, 1.82) is 0 Å². The number of hydrogen-bond acceptors (Lipinski definition) is 3. The van der Waals surface area contributed by atoms with E-state index >= 15 is 0 Å². The number of allylic oxidation sites excluding steroid dienone is 1. The molecule has 4 nitrogen and oxygen atoms in total. The van der Waals surface area contributed by atoms with Crippen LogP contribution >= 0.6 is 11.6 Å². The van der Waals surface area contributed by atoms with Gasteiger partial charge in [0, 0.05) is 6.54 Å². The molecule has 1 aromatic heterocycles. The van der Waals surface area contributed by atoms with Crippen LogP contribution in [0.4, 0.5) is 4.39 Å². The van der Waals surface area contributed by atoms with E-state index in [1.54, 1.807) is 29.7 Å². The van der Waals surface area contributed by atoms with Crippen LogP contribution in [-0.2, 0) is 0 Å². The number of nitrogens with zero attached hydrogens (tertiary/aromatic N) is 3. The molecule has 0 aliphatic carbocycles. The van der Waals surface area contributed by atoms with Crippen molar-refractivity contribution in [1.82, 2.24) is 14.5 Å². The Morgan fingerprint density at radius 3 is 2.74 bits per heavy atom. The molecule has 1 aliphatic heterocycles. The number of halogens is 2. The van der Waals surface area contributed by atoms with Crippen LogP contribution in [-0.4, -0.2) is 40.7 Å². The van der Waals surface area contributed by atoms with Crippen LogP contribution in [0.5, 0.6) is 6.01 Å². The van der Waals surface area contributed by atoms with Crippen LogP contribution < -0.4 is 4.74 Å². The fourth-order valence-electron chi connectivity index (χ4n) is 3.42. The van der Waals surface area contributed by atoms with E-state index in [1.807, 2.05) is 0 Å². The van der Waals surface area contributed by atoms with E-state index in [2.05, 4.69) is 29.0 Å². The first-order valence-electron chi connectivity index (χ1n) is 9.56. The van der Waals surface area contributed by atoms with E-state index in [9.17, 15) is 4.39 Å². The standard InChI is InChI=1S/C21H27ClFN3O/c1-3-4-7-12-25-13-10-17(11-14-25)15-27-21-24-16(2)20(22)26(21)19-9-6-5-8-18(19)23/h3-6,8-9,17H,7,10-15H2,1-2H3/b4-3+. The Bertz CT molecular complexity index is 782. The highest BCUT2D eigenvalue weighted by Gasteiger charge is 2.22. The Hall–Kier alpha value is -1.85. The van der Waals surface area contributed by atoms with E-state index in [0.717, 1.165) is 38.9 Å². The molecule has 2 aromatic rings. The highest BCUT2D eigenvalue weighted by Crippen LogP contribution is 2.29. The van der Waals surface area contributed by atoms with Crippen molar-refractivity contribution in [3.63, 3.8) is 0 Å². The SMILES string of the molecule is C/C=C/CCN1CCC(COc2nc(C)c(Cl)n2-c2ccccc2F)CC1. The lowest BCUT2D eigenvalue weighted by Crippen LogP contribution is -2.36. The molecule has 1 saturated heterocycles. The van der Waals surface area contributed by atoms with Gasteiger partial charge in [-0.2, -0.15) is 4.98 Å². The minimum atomic E-state index is -0.351. The van der Waals surface area contributed by atoms with Gasteiger partial charge < -0.3 is 9.64 Å². The average molecular weight is 392 g/mol. The van der Waals surface area contributed by atoms with Crippen molar-refractivity contribution in [3.05, 3.63) is 53.1 Å². The quantitative estimate of drug-likeness (QED) is 0.620. The summed E-state index contributed by atoms with van der Waals surface area (Å²) in [5.41, 5.74) is 0.991. The number of para-hydroxylation sites is 1. The Morgan fingerprint density at radius 1 is 1.30 bits per heavy atom. The van der Waals surface area contributed by atoms with Crippen LogP contribution in [0.2, 0.25) is 5.15 Å². The molecule has 0 amide bonds. The van der Waals surface area contributed by atoms with Crippen LogP contribution in [0.15, 0.2) is 36.4 Å². The van der Waals surface area contributed by atoms with Crippen molar-refractivity contribution in [2.75, 3.05) is 26.2 Å². The fraction of sp³-hybridized carbons (Fsp3) is 0.476. The van der Waals surface area contributed by atoms with Gasteiger partial charge in [0.15, 0.2) is 0 Å². The molecule has 0 saturated carbocycles. The van der Waals surface area contributed by atoms with Gasteiger partial charge in [0.25, 0.3) is 0 Å². The van der Waals surface area contributed by atoms with Crippen molar-refractivity contribution in [3.8, 4) is 11.7 Å². The zero-order valence-corrected chi connectivity index (χ0v) is 16.8. The summed E-state index contributed by atoms with van der Waals surface area (Å²) >= 11 is 6.36. The van der Waals surface area contributed by atoms with Gasteiger partial charge in [-0.05, 0) is 64.3 Å². The fourth-order valence-corrected chi connectivity index (χ4v) is 3.62. The van der Waals surface area contributed by atoms with Gasteiger partial charge in [0.05, 0.1) is 18.0 Å². The number of imidazole rings is 1. The van der Waals surface area contributed by atoms with E-state index in [4.69, 9.17) is 16.3 Å². The zero-order chi connectivity index (χ0) is 19.2. The van der Waals surface area contributed by atoms with Gasteiger partial charge in [-0.1, -0.05) is 35.9 Å². The van der Waals surface area contributed by atoms with Crippen LogP contribution in [0.25, 0.3) is 5.69 Å². The van der Waals surface area contributed by atoms with Crippen LogP contribution in [0, 0.1) is 18.7 Å². The smallest absolute Gasteiger partial charge is 0.302 e. The third kappa shape index (κ3) is 4.90. The molecule has 0 atom stereocenters. The number of likely N-dealkylation sites (tertiary alicyclic amines) is 1. The molecule has 146 valence electrons. The van der Waals surface area contributed by atoms with E-state index in [1.165, 1.54) is 6.07 Å². The first-order valence-corrected chi connectivity index (χ1v) is 9.94. The Morgan fingerprint density at radius 2 is 2.04 bits per heavy atom. The number of rotatable bonds is 7. The Kier molecular flexibility index (Phi) is 6.91. The number of ether oxygens (including phenoxy) is 1. The van der Waals surface area contributed by atoms with Gasteiger partial charge in [0.2, 0.25) is 0 Å². The zero-order valence-electron chi connectivity index (χ0n) is 16.0. The second-order valence-corrected chi connectivity index (χ2v) is 7.37. The second-order valence-electron chi connectivity index (χ2n) is 7.01. The van der Waals surface area contributed by atoms with Crippen molar-refractivity contribution >= 4 is 11.6 Å². The average Bonchev–Trinajstić information content (AvgIpc) is 2.96. The third-order valence-corrected chi connectivity index (χ3v) is 5.49.